The van der Waals surface area contributed by atoms with Crippen LogP contribution in [0.5, 0.6) is 0 Å². The van der Waals surface area contributed by atoms with Crippen molar-refractivity contribution in [2.75, 3.05) is 6.61 Å². The number of hydrogen-bond acceptors (Lipinski definition) is 5. The number of ether oxygens (including phenoxy) is 1. The molecular formula is C15H13ClN4O2. The van der Waals surface area contributed by atoms with Crippen molar-refractivity contribution in [3.63, 3.8) is 0 Å². The first-order chi connectivity index (χ1) is 10.7. The van der Waals surface area contributed by atoms with Crippen molar-refractivity contribution in [3.8, 4) is 0 Å². The third-order valence-corrected chi connectivity index (χ3v) is 3.34. The molecule has 0 saturated heterocycles. The Hall–Kier alpha value is -2.47. The number of benzene rings is 1. The van der Waals surface area contributed by atoms with Crippen LogP contribution in [0.1, 0.15) is 12.5 Å². The van der Waals surface area contributed by atoms with Crippen molar-refractivity contribution >= 4 is 35.2 Å². The van der Waals surface area contributed by atoms with Gasteiger partial charge in [0.15, 0.2) is 11.7 Å². The van der Waals surface area contributed by atoms with Gasteiger partial charge in [-0.05, 0) is 13.0 Å². The molecule has 2 heterocycles. The summed E-state index contributed by atoms with van der Waals surface area (Å²) >= 11 is 6.23. The number of carbonyl (C=O) groups is 1. The molecule has 2 aliphatic heterocycles. The Morgan fingerprint density at radius 3 is 2.82 bits per heavy atom. The van der Waals surface area contributed by atoms with Gasteiger partial charge in [0.2, 0.25) is 0 Å². The van der Waals surface area contributed by atoms with Crippen molar-refractivity contribution in [3.05, 3.63) is 47.0 Å². The van der Waals surface area contributed by atoms with E-state index in [0.29, 0.717) is 22.5 Å². The molecule has 3 rings (SSSR count). The second-order valence-corrected chi connectivity index (χ2v) is 5.00. The number of alkyl carbamates (subject to hydrolysis) is 1. The first-order valence-electron chi connectivity index (χ1n) is 6.78. The highest BCUT2D eigenvalue weighted by Gasteiger charge is 2.30. The zero-order chi connectivity index (χ0) is 15.5. The van der Waals surface area contributed by atoms with Crippen LogP contribution in [0.2, 0.25) is 0 Å². The number of halogens is 1. The van der Waals surface area contributed by atoms with Gasteiger partial charge >= 0.3 is 6.09 Å². The second kappa shape index (κ2) is 6.11. The van der Waals surface area contributed by atoms with E-state index < -0.39 is 12.1 Å². The Kier molecular flexibility index (Phi) is 4.02. The normalized spacial score (nSPS) is 19.5. The Labute approximate surface area is 132 Å². The molecule has 1 N–H and O–H groups in total. The predicted octanol–water partition coefficient (Wildman–Crippen LogP) is 2.49. The lowest BCUT2D eigenvalue weighted by Crippen LogP contribution is -2.34. The Bertz CT molecular complexity index is 722. The fraction of sp³-hybridized carbons (Fsp3) is 0.200. The smallest absolute Gasteiger partial charge is 0.412 e. The topological polar surface area (TPSA) is 75.4 Å². The molecule has 1 amide bonds. The maximum absolute atomic E-state index is 11.4. The number of carbonyl (C=O) groups excluding carboxylic acids is 1. The molecule has 0 saturated carbocycles. The lowest BCUT2D eigenvalue weighted by atomic mass is 10.2. The van der Waals surface area contributed by atoms with Gasteiger partial charge in [0, 0.05) is 5.56 Å². The van der Waals surface area contributed by atoms with Crippen LogP contribution >= 0.6 is 11.6 Å². The molecule has 1 aromatic carbocycles. The Balaban J connectivity index is 1.84. The van der Waals surface area contributed by atoms with Gasteiger partial charge < -0.3 is 4.74 Å². The van der Waals surface area contributed by atoms with Crippen LogP contribution in [0.3, 0.4) is 0 Å². The number of nitrogens with zero attached hydrogens (tertiary/aromatic N) is 3. The number of dihydropyridines is 1. The van der Waals surface area contributed by atoms with Crippen LogP contribution in [0.15, 0.2) is 56.4 Å². The van der Waals surface area contributed by atoms with Crippen molar-refractivity contribution in [1.82, 2.24) is 5.32 Å². The number of hydrogen-bond donors (Lipinski definition) is 1. The zero-order valence-corrected chi connectivity index (χ0v) is 12.5. The van der Waals surface area contributed by atoms with E-state index in [0.717, 1.165) is 5.56 Å². The maximum Gasteiger partial charge on any atom is 0.412 e. The average molecular weight is 317 g/mol. The molecule has 0 radical (unpaired) electrons. The van der Waals surface area contributed by atoms with Crippen LogP contribution in [0.4, 0.5) is 4.79 Å². The lowest BCUT2D eigenvalue weighted by molar-refractivity contribution is 0.158. The third-order valence-electron chi connectivity index (χ3n) is 3.02. The molecule has 0 aliphatic carbocycles. The molecule has 0 fully saturated rings. The minimum absolute atomic E-state index is 0.279. The lowest BCUT2D eigenvalue weighted by Gasteiger charge is -2.14. The summed E-state index contributed by atoms with van der Waals surface area (Å²) in [5.74, 6) is 1.33. The van der Waals surface area contributed by atoms with Gasteiger partial charge in [0.05, 0.1) is 11.6 Å². The summed E-state index contributed by atoms with van der Waals surface area (Å²) in [5.41, 5.74) is 0.893. The van der Waals surface area contributed by atoms with E-state index in [1.807, 2.05) is 30.3 Å². The molecule has 0 bridgehead atoms. The van der Waals surface area contributed by atoms with E-state index in [-0.39, 0.29) is 6.61 Å². The van der Waals surface area contributed by atoms with Gasteiger partial charge in [-0.3, -0.25) is 5.32 Å². The summed E-state index contributed by atoms with van der Waals surface area (Å²) in [6.45, 7) is 2.00. The van der Waals surface area contributed by atoms with Crippen LogP contribution in [0, 0.1) is 0 Å². The van der Waals surface area contributed by atoms with E-state index in [4.69, 9.17) is 16.3 Å². The van der Waals surface area contributed by atoms with E-state index >= 15 is 0 Å². The molecule has 0 spiro atoms. The molecule has 0 aromatic heterocycles. The minimum atomic E-state index is -0.580. The van der Waals surface area contributed by atoms with Gasteiger partial charge in [-0.1, -0.05) is 41.9 Å². The second-order valence-electron chi connectivity index (χ2n) is 4.56. The van der Waals surface area contributed by atoms with Gasteiger partial charge in [-0.15, -0.1) is 0 Å². The molecule has 1 aromatic rings. The number of rotatable bonds is 2. The first-order valence-corrected chi connectivity index (χ1v) is 7.16. The van der Waals surface area contributed by atoms with Crippen LogP contribution in [0.25, 0.3) is 0 Å². The van der Waals surface area contributed by atoms with Crippen LogP contribution < -0.4 is 5.32 Å². The zero-order valence-electron chi connectivity index (χ0n) is 11.8. The minimum Gasteiger partial charge on any atom is -0.450 e. The summed E-state index contributed by atoms with van der Waals surface area (Å²) in [4.78, 5) is 24.6. The first kappa shape index (κ1) is 14.5. The number of nitrogens with one attached hydrogen (secondary N) is 1. The molecule has 112 valence electrons. The fourth-order valence-corrected chi connectivity index (χ4v) is 2.33. The molecule has 1 atom stereocenters. The van der Waals surface area contributed by atoms with E-state index in [1.54, 1.807) is 13.0 Å². The Morgan fingerprint density at radius 2 is 2.09 bits per heavy atom. The van der Waals surface area contributed by atoms with Gasteiger partial charge in [0.25, 0.3) is 0 Å². The number of amides is 1. The number of fused-ring (bicyclic) bond motifs is 1. The highest BCUT2D eigenvalue weighted by molar-refractivity contribution is 6.37. The highest BCUT2D eigenvalue weighted by Crippen LogP contribution is 2.24. The van der Waals surface area contributed by atoms with Crippen molar-refractivity contribution in [2.45, 2.75) is 13.0 Å². The van der Waals surface area contributed by atoms with Crippen molar-refractivity contribution < 1.29 is 9.53 Å². The predicted molar refractivity (Wildman–Crippen MR) is 85.7 cm³/mol. The highest BCUT2D eigenvalue weighted by atomic mass is 35.5. The summed E-state index contributed by atoms with van der Waals surface area (Å²) in [5, 5.41) is 2.96. The molecule has 1 unspecified atom stereocenters. The van der Waals surface area contributed by atoms with Crippen LogP contribution in [-0.4, -0.2) is 36.2 Å². The van der Waals surface area contributed by atoms with Gasteiger partial charge in [-0.25, -0.2) is 19.8 Å². The molecular weight excluding hydrogens is 304 g/mol. The standard InChI is InChI=1S/C15H13ClN4O2/c1-2-22-15(21)18-11-8-10(16)12-14(17-11)20-13(19-12)9-6-4-3-5-7-9/h3-8,12H,2H2,1H3,(H,17,18,19,20,21). The van der Waals surface area contributed by atoms with E-state index in [9.17, 15) is 4.79 Å². The summed E-state index contributed by atoms with van der Waals surface area (Å²) in [6.07, 6.45) is 0.975. The summed E-state index contributed by atoms with van der Waals surface area (Å²) in [6, 6.07) is 9.16. The van der Waals surface area contributed by atoms with Crippen molar-refractivity contribution in [2.24, 2.45) is 15.0 Å². The summed E-state index contributed by atoms with van der Waals surface area (Å²) < 4.78 is 4.81. The maximum atomic E-state index is 11.4. The number of amidine groups is 3. The fourth-order valence-electron chi connectivity index (χ4n) is 2.08. The molecule has 7 heteroatoms. The number of aliphatic imine (C=N–C) groups is 3. The molecule has 2 aliphatic rings. The van der Waals surface area contributed by atoms with Gasteiger partial charge in [-0.2, -0.15) is 0 Å². The molecule has 22 heavy (non-hydrogen) atoms. The average Bonchev–Trinajstić information content (AvgIpc) is 2.93. The quantitative estimate of drug-likeness (QED) is 0.910. The van der Waals surface area contributed by atoms with E-state index in [1.165, 1.54) is 0 Å². The summed E-state index contributed by atoms with van der Waals surface area (Å²) in [7, 11) is 0. The van der Waals surface area contributed by atoms with Crippen LogP contribution in [-0.2, 0) is 4.74 Å². The van der Waals surface area contributed by atoms with Gasteiger partial charge in [0.1, 0.15) is 11.9 Å². The monoisotopic (exact) mass is 316 g/mol. The SMILES string of the molecule is CCOC(=O)NC1=NC2=NC(c3ccccc3)=NC2C(Cl)=C1. The molecule has 6 nitrogen and oxygen atoms in total. The Morgan fingerprint density at radius 1 is 1.32 bits per heavy atom. The van der Waals surface area contributed by atoms with Crippen molar-refractivity contribution in [1.29, 1.82) is 0 Å². The third kappa shape index (κ3) is 2.92. The van der Waals surface area contributed by atoms with E-state index in [2.05, 4.69) is 20.3 Å². The largest absolute Gasteiger partial charge is 0.450 e.